The summed E-state index contributed by atoms with van der Waals surface area (Å²) in [6.45, 7) is 0. The van der Waals surface area contributed by atoms with Crippen LogP contribution in [0.3, 0.4) is 0 Å². The molecule has 1 aromatic rings. The maximum Gasteiger partial charge on any atom is 0.292 e. The lowest BCUT2D eigenvalue weighted by Gasteiger charge is -2.29. The van der Waals surface area contributed by atoms with Crippen LogP contribution in [-0.4, -0.2) is 25.9 Å². The number of ether oxygens (including phenoxy) is 2. The number of anilines is 1. The van der Waals surface area contributed by atoms with Crippen molar-refractivity contribution in [2.45, 2.75) is 12.2 Å². The van der Waals surface area contributed by atoms with Crippen molar-refractivity contribution in [1.29, 1.82) is 0 Å². The van der Waals surface area contributed by atoms with Crippen LogP contribution in [0.15, 0.2) is 54.3 Å². The van der Waals surface area contributed by atoms with Gasteiger partial charge in [-0.15, -0.1) is 0 Å². The van der Waals surface area contributed by atoms with Crippen LogP contribution in [0.1, 0.15) is 6.42 Å². The Hall–Kier alpha value is -1.91. The first-order valence-corrected chi connectivity index (χ1v) is 6.61. The van der Waals surface area contributed by atoms with E-state index in [0.717, 1.165) is 17.8 Å². The molecule has 104 valence electrons. The van der Waals surface area contributed by atoms with Gasteiger partial charge in [-0.1, -0.05) is 30.4 Å². The molecule has 0 spiro atoms. The third-order valence-corrected chi connectivity index (χ3v) is 3.97. The molecule has 4 nitrogen and oxygen atoms in total. The smallest absolute Gasteiger partial charge is 0.292 e. The fourth-order valence-corrected chi connectivity index (χ4v) is 3.01. The van der Waals surface area contributed by atoms with E-state index in [0.29, 0.717) is 0 Å². The predicted molar refractivity (Wildman–Crippen MR) is 76.0 cm³/mol. The number of para-hydroxylation sites is 1. The Morgan fingerprint density at radius 2 is 1.90 bits per heavy atom. The quantitative estimate of drug-likeness (QED) is 0.793. The molecule has 0 radical (unpaired) electrons. The van der Waals surface area contributed by atoms with Gasteiger partial charge in [-0.2, -0.15) is 0 Å². The molecule has 0 bridgehead atoms. The van der Waals surface area contributed by atoms with E-state index in [1.54, 1.807) is 4.90 Å². The molecule has 1 heterocycles. The number of benzene rings is 1. The second-order valence-electron chi connectivity index (χ2n) is 4.86. The average Bonchev–Trinajstić information content (AvgIpc) is 2.76. The maximum atomic E-state index is 12.9. The Morgan fingerprint density at radius 1 is 1.20 bits per heavy atom. The summed E-state index contributed by atoms with van der Waals surface area (Å²) in [5, 5.41) is 0. The summed E-state index contributed by atoms with van der Waals surface area (Å²) in [6.07, 6.45) is 6.68. The number of hydrogen-bond acceptors (Lipinski definition) is 3. The molecule has 1 aliphatic heterocycles. The van der Waals surface area contributed by atoms with E-state index >= 15 is 0 Å². The van der Waals surface area contributed by atoms with Gasteiger partial charge in [0.25, 0.3) is 11.7 Å². The summed E-state index contributed by atoms with van der Waals surface area (Å²) in [4.78, 5) is 14.6. The molecular weight excluding hydrogens is 254 g/mol. The van der Waals surface area contributed by atoms with Gasteiger partial charge in [0.1, 0.15) is 0 Å². The van der Waals surface area contributed by atoms with Crippen molar-refractivity contribution in [1.82, 2.24) is 0 Å². The Kier molecular flexibility index (Phi) is 3.20. The van der Waals surface area contributed by atoms with Crippen LogP contribution in [0.2, 0.25) is 0 Å². The number of rotatable bonds is 3. The van der Waals surface area contributed by atoms with E-state index < -0.39 is 5.79 Å². The number of methoxy groups -OCH3 is 2. The molecule has 4 heteroatoms. The first-order valence-electron chi connectivity index (χ1n) is 6.61. The van der Waals surface area contributed by atoms with Crippen molar-refractivity contribution in [3.05, 3.63) is 54.3 Å². The summed E-state index contributed by atoms with van der Waals surface area (Å²) in [5.41, 5.74) is 1.76. The Balaban J connectivity index is 2.13. The zero-order valence-corrected chi connectivity index (χ0v) is 11.6. The average molecular weight is 271 g/mol. The Labute approximate surface area is 118 Å². The minimum absolute atomic E-state index is 0.116. The third-order valence-electron chi connectivity index (χ3n) is 3.97. The first kappa shape index (κ1) is 13.1. The van der Waals surface area contributed by atoms with Gasteiger partial charge in [-0.05, 0) is 24.6 Å². The van der Waals surface area contributed by atoms with E-state index in [9.17, 15) is 4.79 Å². The van der Waals surface area contributed by atoms with Crippen LogP contribution in [0.4, 0.5) is 5.69 Å². The summed E-state index contributed by atoms with van der Waals surface area (Å²) < 4.78 is 11.0. The highest BCUT2D eigenvalue weighted by molar-refractivity contribution is 6.05. The molecule has 20 heavy (non-hydrogen) atoms. The second kappa shape index (κ2) is 4.89. The normalized spacial score (nSPS) is 23.7. The van der Waals surface area contributed by atoms with Gasteiger partial charge in [0.05, 0.1) is 5.92 Å². The zero-order chi connectivity index (χ0) is 14.2. The third kappa shape index (κ3) is 1.65. The molecule has 0 aromatic heterocycles. The van der Waals surface area contributed by atoms with Gasteiger partial charge >= 0.3 is 0 Å². The lowest BCUT2D eigenvalue weighted by atomic mass is 9.91. The molecule has 1 fully saturated rings. The molecule has 3 rings (SSSR count). The Bertz CT molecular complexity index is 573. The van der Waals surface area contributed by atoms with Crippen LogP contribution >= 0.6 is 0 Å². The monoisotopic (exact) mass is 271 g/mol. The topological polar surface area (TPSA) is 38.8 Å². The van der Waals surface area contributed by atoms with Gasteiger partial charge < -0.3 is 9.47 Å². The number of carbonyl (C=O) groups is 1. The van der Waals surface area contributed by atoms with Gasteiger partial charge in [-0.25, -0.2) is 0 Å². The molecule has 1 atom stereocenters. The van der Waals surface area contributed by atoms with E-state index in [1.165, 1.54) is 14.2 Å². The predicted octanol–water partition coefficient (Wildman–Crippen LogP) is 2.48. The SMILES string of the molecule is COC1(OC)C(=O)N(c2ccccc2)C2=CC=CCC21. The van der Waals surface area contributed by atoms with Crippen molar-refractivity contribution >= 4 is 11.6 Å². The highest BCUT2D eigenvalue weighted by Gasteiger charge is 2.58. The zero-order valence-electron chi connectivity index (χ0n) is 11.6. The number of carbonyl (C=O) groups excluding carboxylic acids is 1. The van der Waals surface area contributed by atoms with Crippen LogP contribution in [0, 0.1) is 5.92 Å². The van der Waals surface area contributed by atoms with Gasteiger partial charge in [0, 0.05) is 25.6 Å². The van der Waals surface area contributed by atoms with Crippen LogP contribution in [0.5, 0.6) is 0 Å². The minimum atomic E-state index is -1.23. The highest BCUT2D eigenvalue weighted by atomic mass is 16.7. The van der Waals surface area contributed by atoms with Crippen molar-refractivity contribution in [3.8, 4) is 0 Å². The van der Waals surface area contributed by atoms with Crippen molar-refractivity contribution < 1.29 is 14.3 Å². The van der Waals surface area contributed by atoms with Gasteiger partial charge in [0.2, 0.25) is 0 Å². The van der Waals surface area contributed by atoms with E-state index in [4.69, 9.17) is 9.47 Å². The minimum Gasteiger partial charge on any atom is -0.345 e. The molecule has 1 saturated heterocycles. The van der Waals surface area contributed by atoms with E-state index in [-0.39, 0.29) is 11.8 Å². The van der Waals surface area contributed by atoms with Gasteiger partial charge in [-0.3, -0.25) is 9.69 Å². The fraction of sp³-hybridized carbons (Fsp3) is 0.312. The van der Waals surface area contributed by atoms with Crippen molar-refractivity contribution in [2.75, 3.05) is 19.1 Å². The number of nitrogens with zero attached hydrogens (tertiary/aromatic N) is 1. The molecule has 1 unspecified atom stereocenters. The second-order valence-corrected chi connectivity index (χ2v) is 4.86. The highest BCUT2D eigenvalue weighted by Crippen LogP contribution is 2.46. The molecule has 1 aromatic carbocycles. The molecule has 1 amide bonds. The van der Waals surface area contributed by atoms with Crippen LogP contribution < -0.4 is 4.90 Å². The molecule has 0 N–H and O–H groups in total. The summed E-state index contributed by atoms with van der Waals surface area (Å²) >= 11 is 0. The fourth-order valence-electron chi connectivity index (χ4n) is 3.01. The molecular formula is C16H17NO3. The molecule has 1 aliphatic carbocycles. The number of amides is 1. The summed E-state index contributed by atoms with van der Waals surface area (Å²) in [6, 6.07) is 9.58. The van der Waals surface area contributed by atoms with Crippen LogP contribution in [-0.2, 0) is 14.3 Å². The summed E-state index contributed by atoms with van der Waals surface area (Å²) in [5.74, 6) is -1.52. The van der Waals surface area contributed by atoms with Crippen molar-refractivity contribution in [3.63, 3.8) is 0 Å². The lowest BCUT2D eigenvalue weighted by molar-refractivity contribution is -0.216. The molecule has 0 saturated carbocycles. The lowest BCUT2D eigenvalue weighted by Crippen LogP contribution is -2.47. The van der Waals surface area contributed by atoms with Crippen molar-refractivity contribution in [2.24, 2.45) is 5.92 Å². The first-order chi connectivity index (χ1) is 9.74. The largest absolute Gasteiger partial charge is 0.345 e. The number of allylic oxidation sites excluding steroid dienone is 3. The van der Waals surface area contributed by atoms with E-state index in [1.807, 2.05) is 48.6 Å². The Morgan fingerprint density at radius 3 is 2.55 bits per heavy atom. The number of fused-ring (bicyclic) bond motifs is 1. The maximum absolute atomic E-state index is 12.9. The standard InChI is InChI=1S/C16H17NO3/c1-19-16(20-2)13-10-6-7-11-14(13)17(15(16)18)12-8-4-3-5-9-12/h3-9,11,13H,10H2,1-2H3. The number of hydrogen-bond donors (Lipinski definition) is 0. The van der Waals surface area contributed by atoms with Crippen LogP contribution in [0.25, 0.3) is 0 Å². The van der Waals surface area contributed by atoms with Gasteiger partial charge in [0.15, 0.2) is 0 Å². The van der Waals surface area contributed by atoms with E-state index in [2.05, 4.69) is 0 Å². The molecule has 2 aliphatic rings. The summed E-state index contributed by atoms with van der Waals surface area (Å²) in [7, 11) is 3.04.